The van der Waals surface area contributed by atoms with Gasteiger partial charge in [0, 0.05) is 20.0 Å². The molecule has 0 N–H and O–H groups in total. The Morgan fingerprint density at radius 3 is 1.21 bits per heavy atom. The number of carbonyl (C=O) groups is 2. The molecule has 0 aromatic heterocycles. The Morgan fingerprint density at radius 1 is 0.489 bits per heavy atom. The lowest BCUT2D eigenvalue weighted by atomic mass is 10.1. The maximum absolute atomic E-state index is 11.9. The topological polar surface area (TPSA) is 130 Å². The van der Waals surface area contributed by atoms with Gasteiger partial charge in [0.15, 0.2) is 0 Å². The molecule has 0 heterocycles. The lowest BCUT2D eigenvalue weighted by Crippen LogP contribution is -2.36. The molecule has 0 rings (SSSR count). The molecule has 0 radical (unpaired) electrons. The fraction of sp³-hybridized carbons (Fsp3) is 0.941. The molecule has 0 aromatic carbocycles. The van der Waals surface area contributed by atoms with Gasteiger partial charge in [-0.25, -0.2) is 4.79 Å². The lowest BCUT2D eigenvalue weighted by molar-refractivity contribution is -0.145. The Balaban J connectivity index is 3.20. The summed E-state index contributed by atoms with van der Waals surface area (Å²) in [5, 5.41) is 0. The molecule has 0 aliphatic heterocycles. The predicted molar refractivity (Wildman–Crippen MR) is 179 cm³/mol. The minimum atomic E-state index is -0.511. The zero-order valence-electron chi connectivity index (χ0n) is 30.2. The quantitative estimate of drug-likeness (QED) is 0.0681. The van der Waals surface area contributed by atoms with E-state index in [9.17, 15) is 9.59 Å². The van der Waals surface area contributed by atoms with Crippen LogP contribution in [0.4, 0.5) is 4.79 Å². The van der Waals surface area contributed by atoms with Gasteiger partial charge in [-0.05, 0) is 27.2 Å². The smallest absolute Gasteiger partial charge is 0.410 e. The molecule has 0 aliphatic rings. The van der Waals surface area contributed by atoms with Crippen LogP contribution in [0.25, 0.3) is 0 Å². The summed E-state index contributed by atoms with van der Waals surface area (Å²) < 4.78 is 54.2. The molecule has 0 saturated carbocycles. The first kappa shape index (κ1) is 45.4. The molecular formula is C34H67NO12. The molecule has 0 spiro atoms. The highest BCUT2D eigenvalue weighted by molar-refractivity contribution is 5.69. The van der Waals surface area contributed by atoms with E-state index in [-0.39, 0.29) is 18.7 Å². The van der Waals surface area contributed by atoms with Crippen LogP contribution in [-0.2, 0) is 52.2 Å². The zero-order valence-corrected chi connectivity index (χ0v) is 30.2. The van der Waals surface area contributed by atoms with Crippen LogP contribution in [0, 0.1) is 0 Å². The minimum Gasteiger partial charge on any atom is -0.463 e. The summed E-state index contributed by atoms with van der Waals surface area (Å²) in [5.74, 6) is -0.144. The maximum atomic E-state index is 11.9. The number of nitrogens with zero attached hydrogens (tertiary/aromatic N) is 1. The van der Waals surface area contributed by atoms with Gasteiger partial charge < -0.3 is 52.3 Å². The average Bonchev–Trinajstić information content (AvgIpc) is 3.03. The minimum absolute atomic E-state index is 0.144. The summed E-state index contributed by atoms with van der Waals surface area (Å²) in [5.41, 5.74) is -0.511. The second kappa shape index (κ2) is 34.3. The number of likely N-dealkylation sites (N-methyl/N-ethyl adjacent to an activating group) is 1. The van der Waals surface area contributed by atoms with E-state index in [0.29, 0.717) is 119 Å². The fourth-order valence-electron chi connectivity index (χ4n) is 3.79. The number of esters is 1. The standard InChI is InChI=1S/C34H67NO12/c1-6-7-8-9-10-11-12-13-32(36)46-31-30-45-29-28-44-27-26-43-25-24-42-23-22-41-21-20-40-19-18-39-17-16-38-15-14-35(5)33(37)47-34(2,3)4/h6-31H2,1-5H3. The number of amides is 1. The van der Waals surface area contributed by atoms with Crippen molar-refractivity contribution in [1.29, 1.82) is 0 Å². The van der Waals surface area contributed by atoms with Crippen LogP contribution >= 0.6 is 0 Å². The zero-order chi connectivity index (χ0) is 34.7. The van der Waals surface area contributed by atoms with Crippen LogP contribution in [0.15, 0.2) is 0 Å². The summed E-state index contributed by atoms with van der Waals surface area (Å²) in [6.07, 6.45) is 8.41. The monoisotopic (exact) mass is 681 g/mol. The van der Waals surface area contributed by atoms with E-state index in [1.54, 1.807) is 7.05 Å². The van der Waals surface area contributed by atoms with Gasteiger partial charge in [0.25, 0.3) is 0 Å². The van der Waals surface area contributed by atoms with Crippen LogP contribution in [0.2, 0.25) is 0 Å². The van der Waals surface area contributed by atoms with Crippen molar-refractivity contribution in [2.75, 3.05) is 126 Å². The molecule has 280 valence electrons. The van der Waals surface area contributed by atoms with E-state index in [4.69, 9.17) is 47.4 Å². The highest BCUT2D eigenvalue weighted by Crippen LogP contribution is 2.09. The average molecular weight is 682 g/mol. The van der Waals surface area contributed by atoms with Gasteiger partial charge in [0.1, 0.15) is 12.2 Å². The fourth-order valence-corrected chi connectivity index (χ4v) is 3.79. The van der Waals surface area contributed by atoms with E-state index in [0.717, 1.165) is 12.8 Å². The summed E-state index contributed by atoms with van der Waals surface area (Å²) in [6.45, 7) is 15.9. The van der Waals surface area contributed by atoms with Crippen molar-refractivity contribution in [3.8, 4) is 0 Å². The largest absolute Gasteiger partial charge is 0.463 e. The lowest BCUT2D eigenvalue weighted by Gasteiger charge is -2.24. The summed E-state index contributed by atoms with van der Waals surface area (Å²) in [7, 11) is 1.68. The molecule has 13 heteroatoms. The molecular weight excluding hydrogens is 614 g/mol. The Morgan fingerprint density at radius 2 is 0.830 bits per heavy atom. The molecule has 0 aromatic rings. The molecule has 0 atom stereocenters. The number of hydrogen-bond donors (Lipinski definition) is 0. The molecule has 1 amide bonds. The first-order valence-corrected chi connectivity index (χ1v) is 17.5. The molecule has 0 aliphatic carbocycles. The Kier molecular flexibility index (Phi) is 33.1. The molecule has 13 nitrogen and oxygen atoms in total. The van der Waals surface area contributed by atoms with Gasteiger partial charge in [-0.2, -0.15) is 0 Å². The van der Waals surface area contributed by atoms with Crippen LogP contribution in [0.3, 0.4) is 0 Å². The van der Waals surface area contributed by atoms with Crippen molar-refractivity contribution in [2.45, 2.75) is 84.7 Å². The van der Waals surface area contributed by atoms with Gasteiger partial charge in [0.05, 0.1) is 106 Å². The van der Waals surface area contributed by atoms with Gasteiger partial charge in [-0.1, -0.05) is 45.4 Å². The van der Waals surface area contributed by atoms with E-state index >= 15 is 0 Å². The summed E-state index contributed by atoms with van der Waals surface area (Å²) >= 11 is 0. The SMILES string of the molecule is CCCCCCCCCC(=O)OCCOCCOCCOCCOCCOCCOCCOCCOCCN(C)C(=O)OC(C)(C)C. The van der Waals surface area contributed by atoms with Crippen molar-refractivity contribution in [3.63, 3.8) is 0 Å². The third kappa shape index (κ3) is 37.1. The van der Waals surface area contributed by atoms with Crippen LogP contribution in [0.1, 0.15) is 79.1 Å². The second-order valence-corrected chi connectivity index (χ2v) is 11.9. The summed E-state index contributed by atoms with van der Waals surface area (Å²) in [4.78, 5) is 25.0. The molecule has 0 bridgehead atoms. The molecule has 0 unspecified atom stereocenters. The first-order chi connectivity index (χ1) is 22.8. The molecule has 0 saturated heterocycles. The maximum Gasteiger partial charge on any atom is 0.410 e. The highest BCUT2D eigenvalue weighted by Gasteiger charge is 2.19. The van der Waals surface area contributed by atoms with E-state index < -0.39 is 5.60 Å². The van der Waals surface area contributed by atoms with Gasteiger partial charge >= 0.3 is 12.1 Å². The first-order valence-electron chi connectivity index (χ1n) is 17.5. The number of carbonyl (C=O) groups excluding carboxylic acids is 2. The number of ether oxygens (including phenoxy) is 10. The van der Waals surface area contributed by atoms with Crippen molar-refractivity contribution >= 4 is 12.1 Å². The number of hydrogen-bond acceptors (Lipinski definition) is 12. The van der Waals surface area contributed by atoms with Gasteiger partial charge in [-0.3, -0.25) is 4.79 Å². The highest BCUT2D eigenvalue weighted by atomic mass is 16.6. The van der Waals surface area contributed by atoms with Crippen molar-refractivity contribution in [2.24, 2.45) is 0 Å². The Labute approximate surface area is 284 Å². The molecule has 0 fully saturated rings. The third-order valence-electron chi connectivity index (χ3n) is 6.36. The predicted octanol–water partition coefficient (Wildman–Crippen LogP) is 4.67. The molecule has 47 heavy (non-hydrogen) atoms. The van der Waals surface area contributed by atoms with Crippen molar-refractivity contribution < 1.29 is 57.0 Å². The van der Waals surface area contributed by atoms with Crippen LogP contribution < -0.4 is 0 Å². The van der Waals surface area contributed by atoms with E-state index in [2.05, 4.69) is 6.92 Å². The Hall–Kier alpha value is -1.58. The van der Waals surface area contributed by atoms with Crippen LogP contribution in [0.5, 0.6) is 0 Å². The van der Waals surface area contributed by atoms with Crippen molar-refractivity contribution in [1.82, 2.24) is 4.90 Å². The van der Waals surface area contributed by atoms with Crippen molar-refractivity contribution in [3.05, 3.63) is 0 Å². The summed E-state index contributed by atoms with van der Waals surface area (Å²) in [6, 6.07) is 0. The van der Waals surface area contributed by atoms with Crippen LogP contribution in [-0.4, -0.2) is 148 Å². The van der Waals surface area contributed by atoms with E-state index in [1.165, 1.54) is 37.0 Å². The van der Waals surface area contributed by atoms with E-state index in [1.807, 2.05) is 20.8 Å². The number of rotatable bonds is 35. The number of unbranched alkanes of at least 4 members (excludes halogenated alkanes) is 6. The Bertz CT molecular complexity index is 693. The van der Waals surface area contributed by atoms with Gasteiger partial charge in [0.2, 0.25) is 0 Å². The normalized spacial score (nSPS) is 11.6. The second-order valence-electron chi connectivity index (χ2n) is 11.9. The third-order valence-corrected chi connectivity index (χ3v) is 6.36. The van der Waals surface area contributed by atoms with Gasteiger partial charge in [-0.15, -0.1) is 0 Å².